The van der Waals surface area contributed by atoms with E-state index in [0.717, 1.165) is 37.7 Å². The molecule has 0 heterocycles. The van der Waals surface area contributed by atoms with Gasteiger partial charge in [0.25, 0.3) is 5.91 Å². The van der Waals surface area contributed by atoms with Crippen molar-refractivity contribution >= 4 is 5.91 Å². The van der Waals surface area contributed by atoms with Crippen LogP contribution in [-0.4, -0.2) is 23.9 Å². The van der Waals surface area contributed by atoms with Gasteiger partial charge in [0, 0.05) is 13.1 Å². The van der Waals surface area contributed by atoms with E-state index in [0.29, 0.717) is 0 Å². The summed E-state index contributed by atoms with van der Waals surface area (Å²) in [6.45, 7) is 2.18. The van der Waals surface area contributed by atoms with Gasteiger partial charge in [-0.3, -0.25) is 4.79 Å². The van der Waals surface area contributed by atoms with E-state index in [1.165, 1.54) is 18.6 Å². The zero-order valence-corrected chi connectivity index (χ0v) is 12.0. The molecule has 0 aliphatic heterocycles. The molecule has 1 saturated carbocycles. The van der Waals surface area contributed by atoms with Gasteiger partial charge in [0.05, 0.1) is 5.56 Å². The Morgan fingerprint density at radius 1 is 1.25 bits per heavy atom. The number of amides is 1. The zero-order valence-electron chi connectivity index (χ0n) is 12.0. The van der Waals surface area contributed by atoms with Crippen LogP contribution in [0.15, 0.2) is 18.2 Å². The normalized spacial score (nSPS) is 22.6. The van der Waals surface area contributed by atoms with Crippen molar-refractivity contribution in [3.05, 3.63) is 35.4 Å². The average Bonchev–Trinajstić information content (AvgIpc) is 2.48. The Hall–Kier alpha value is -1.45. The second-order valence-corrected chi connectivity index (χ2v) is 5.60. The first-order valence-electron chi connectivity index (χ1n) is 7.25. The molecule has 0 bridgehead atoms. The molecule has 2 nitrogen and oxygen atoms in total. The van der Waals surface area contributed by atoms with Gasteiger partial charge in [0.15, 0.2) is 11.6 Å². The van der Waals surface area contributed by atoms with Crippen molar-refractivity contribution < 1.29 is 13.6 Å². The molecule has 0 atom stereocenters. The van der Waals surface area contributed by atoms with Crippen LogP contribution in [0.2, 0.25) is 0 Å². The summed E-state index contributed by atoms with van der Waals surface area (Å²) in [6, 6.07) is 3.87. The molecule has 1 amide bonds. The number of hydrogen-bond donors (Lipinski definition) is 0. The molecule has 1 aliphatic rings. The van der Waals surface area contributed by atoms with Gasteiger partial charge < -0.3 is 4.90 Å². The molecule has 0 aromatic heterocycles. The van der Waals surface area contributed by atoms with E-state index in [2.05, 4.69) is 6.92 Å². The van der Waals surface area contributed by atoms with Crippen LogP contribution in [0.4, 0.5) is 8.78 Å². The van der Waals surface area contributed by atoms with Gasteiger partial charge in [0.1, 0.15) is 0 Å². The Bertz CT molecular complexity index is 481. The fourth-order valence-corrected chi connectivity index (χ4v) is 2.97. The monoisotopic (exact) mass is 281 g/mol. The lowest BCUT2D eigenvalue weighted by Crippen LogP contribution is -2.39. The van der Waals surface area contributed by atoms with Crippen molar-refractivity contribution in [1.29, 1.82) is 0 Å². The SMILES string of the molecule is CCC1CCC(N(C)C(=O)c2cccc(F)c2F)CC1. The molecule has 1 aromatic rings. The van der Waals surface area contributed by atoms with E-state index in [1.807, 2.05) is 0 Å². The van der Waals surface area contributed by atoms with E-state index in [4.69, 9.17) is 0 Å². The number of carbonyl (C=O) groups is 1. The second kappa shape index (κ2) is 6.33. The molecule has 1 fully saturated rings. The van der Waals surface area contributed by atoms with Gasteiger partial charge in [0.2, 0.25) is 0 Å². The van der Waals surface area contributed by atoms with E-state index in [-0.39, 0.29) is 11.6 Å². The summed E-state index contributed by atoms with van der Waals surface area (Å²) >= 11 is 0. The van der Waals surface area contributed by atoms with Crippen LogP contribution < -0.4 is 0 Å². The van der Waals surface area contributed by atoms with Crippen molar-refractivity contribution in [2.24, 2.45) is 5.92 Å². The zero-order chi connectivity index (χ0) is 14.7. The van der Waals surface area contributed by atoms with Crippen molar-refractivity contribution in [2.45, 2.75) is 45.1 Å². The molecule has 2 rings (SSSR count). The fourth-order valence-electron chi connectivity index (χ4n) is 2.97. The predicted octanol–water partition coefficient (Wildman–Crippen LogP) is 4.01. The van der Waals surface area contributed by atoms with E-state index in [9.17, 15) is 13.6 Å². The average molecular weight is 281 g/mol. The summed E-state index contributed by atoms with van der Waals surface area (Å²) in [4.78, 5) is 13.9. The maximum absolute atomic E-state index is 13.7. The Labute approximate surface area is 118 Å². The molecule has 0 N–H and O–H groups in total. The van der Waals surface area contributed by atoms with Gasteiger partial charge in [-0.2, -0.15) is 0 Å². The number of nitrogens with zero attached hydrogens (tertiary/aromatic N) is 1. The number of hydrogen-bond acceptors (Lipinski definition) is 1. The maximum atomic E-state index is 13.7. The van der Waals surface area contributed by atoms with E-state index < -0.39 is 17.5 Å². The third-order valence-corrected chi connectivity index (χ3v) is 4.44. The molecular weight excluding hydrogens is 260 g/mol. The second-order valence-electron chi connectivity index (χ2n) is 5.60. The number of rotatable bonds is 3. The lowest BCUT2D eigenvalue weighted by molar-refractivity contribution is 0.0669. The minimum atomic E-state index is -1.05. The number of benzene rings is 1. The van der Waals surface area contributed by atoms with Crippen LogP contribution >= 0.6 is 0 Å². The fraction of sp³-hybridized carbons (Fsp3) is 0.562. The quantitative estimate of drug-likeness (QED) is 0.820. The van der Waals surface area contributed by atoms with Gasteiger partial charge >= 0.3 is 0 Å². The van der Waals surface area contributed by atoms with Gasteiger partial charge in [-0.05, 0) is 43.7 Å². The lowest BCUT2D eigenvalue weighted by Gasteiger charge is -2.34. The molecular formula is C16H21F2NO. The molecule has 1 aliphatic carbocycles. The van der Waals surface area contributed by atoms with Crippen molar-refractivity contribution in [1.82, 2.24) is 4.90 Å². The highest BCUT2D eigenvalue weighted by atomic mass is 19.2. The molecule has 0 unspecified atom stereocenters. The van der Waals surface area contributed by atoms with Gasteiger partial charge in [-0.15, -0.1) is 0 Å². The summed E-state index contributed by atoms with van der Waals surface area (Å²) in [5.74, 6) is -1.71. The van der Waals surface area contributed by atoms with Crippen LogP contribution in [0.3, 0.4) is 0 Å². The van der Waals surface area contributed by atoms with E-state index in [1.54, 1.807) is 11.9 Å². The van der Waals surface area contributed by atoms with Crippen LogP contribution in [0.1, 0.15) is 49.4 Å². The van der Waals surface area contributed by atoms with Crippen LogP contribution in [-0.2, 0) is 0 Å². The predicted molar refractivity (Wildman–Crippen MR) is 74.5 cm³/mol. The molecule has 20 heavy (non-hydrogen) atoms. The molecule has 0 saturated heterocycles. The summed E-state index contributed by atoms with van der Waals surface area (Å²) in [5, 5.41) is 0. The van der Waals surface area contributed by atoms with Gasteiger partial charge in [-0.25, -0.2) is 8.78 Å². The highest BCUT2D eigenvalue weighted by Crippen LogP contribution is 2.29. The highest BCUT2D eigenvalue weighted by Gasteiger charge is 2.28. The molecule has 4 heteroatoms. The summed E-state index contributed by atoms with van der Waals surface area (Å²) in [5.41, 5.74) is -0.176. The smallest absolute Gasteiger partial charge is 0.256 e. The first-order valence-corrected chi connectivity index (χ1v) is 7.25. The first-order chi connectivity index (χ1) is 9.54. The van der Waals surface area contributed by atoms with Crippen molar-refractivity contribution in [3.8, 4) is 0 Å². The number of halogens is 2. The van der Waals surface area contributed by atoms with Crippen LogP contribution in [0.25, 0.3) is 0 Å². The number of carbonyl (C=O) groups excluding carboxylic acids is 1. The minimum absolute atomic E-state index is 0.132. The third-order valence-electron chi connectivity index (χ3n) is 4.44. The topological polar surface area (TPSA) is 20.3 Å². The molecule has 1 aromatic carbocycles. The van der Waals surface area contributed by atoms with Crippen molar-refractivity contribution in [2.75, 3.05) is 7.05 Å². The third kappa shape index (κ3) is 3.00. The van der Waals surface area contributed by atoms with Crippen molar-refractivity contribution in [3.63, 3.8) is 0 Å². The maximum Gasteiger partial charge on any atom is 0.256 e. The summed E-state index contributed by atoms with van der Waals surface area (Å²) in [6.07, 6.45) is 5.26. The van der Waals surface area contributed by atoms with E-state index >= 15 is 0 Å². The Balaban J connectivity index is 2.07. The molecule has 0 spiro atoms. The minimum Gasteiger partial charge on any atom is -0.339 e. The lowest BCUT2D eigenvalue weighted by atomic mass is 9.84. The van der Waals surface area contributed by atoms with Crippen LogP contribution in [0, 0.1) is 17.6 Å². The van der Waals surface area contributed by atoms with Crippen LogP contribution in [0.5, 0.6) is 0 Å². The molecule has 0 radical (unpaired) electrons. The Morgan fingerprint density at radius 2 is 1.90 bits per heavy atom. The Morgan fingerprint density at radius 3 is 2.50 bits per heavy atom. The summed E-state index contributed by atoms with van der Waals surface area (Å²) in [7, 11) is 1.68. The summed E-state index contributed by atoms with van der Waals surface area (Å²) < 4.78 is 26.9. The Kier molecular flexibility index (Phi) is 4.73. The first kappa shape index (κ1) is 14.9. The standard InChI is InChI=1S/C16H21F2NO/c1-3-11-7-9-12(10-8-11)19(2)16(20)13-5-4-6-14(17)15(13)18/h4-6,11-12H,3,7-10H2,1-2H3. The van der Waals surface area contributed by atoms with Gasteiger partial charge in [-0.1, -0.05) is 19.4 Å². The molecule has 110 valence electrons. The highest BCUT2D eigenvalue weighted by molar-refractivity contribution is 5.94. The largest absolute Gasteiger partial charge is 0.339 e.